The molecule has 0 radical (unpaired) electrons. The summed E-state index contributed by atoms with van der Waals surface area (Å²) in [5.41, 5.74) is 1.08. The number of hydrogen-bond donors (Lipinski definition) is 1. The predicted octanol–water partition coefficient (Wildman–Crippen LogP) is 4.48. The first-order valence-corrected chi connectivity index (χ1v) is 13.6. The van der Waals surface area contributed by atoms with Gasteiger partial charge in [0.2, 0.25) is 21.8 Å². The van der Waals surface area contributed by atoms with Crippen molar-refractivity contribution in [1.82, 2.24) is 10.2 Å². The summed E-state index contributed by atoms with van der Waals surface area (Å²) in [4.78, 5) is 28.0. The van der Waals surface area contributed by atoms with Crippen molar-refractivity contribution in [3.63, 3.8) is 0 Å². The van der Waals surface area contributed by atoms with E-state index in [4.69, 9.17) is 23.2 Å². The van der Waals surface area contributed by atoms with Gasteiger partial charge >= 0.3 is 0 Å². The molecule has 2 rings (SSSR count). The van der Waals surface area contributed by atoms with E-state index >= 15 is 0 Å². The van der Waals surface area contributed by atoms with Gasteiger partial charge in [0, 0.05) is 22.6 Å². The quantitative estimate of drug-likeness (QED) is 0.466. The standard InChI is InChI=1S/C24H31Cl2N3O4S/c1-5-17(3)27-24(31)22(6-2)28(15-18-7-9-19(25)10-8-18)23(30)16-29(34(4,32)33)21-13-11-20(26)12-14-21/h7-14,17,22H,5-6,15-16H2,1-4H3,(H,27,31)/t17-,22-/m0/s1. The van der Waals surface area contributed by atoms with Gasteiger partial charge in [-0.05, 0) is 61.7 Å². The van der Waals surface area contributed by atoms with Crippen molar-refractivity contribution >= 4 is 50.7 Å². The van der Waals surface area contributed by atoms with Crippen LogP contribution in [0.15, 0.2) is 48.5 Å². The molecule has 1 N–H and O–H groups in total. The Morgan fingerprint density at radius 3 is 1.94 bits per heavy atom. The number of rotatable bonds is 11. The lowest BCUT2D eigenvalue weighted by molar-refractivity contribution is -0.140. The minimum absolute atomic E-state index is 0.0596. The number of benzene rings is 2. The molecule has 186 valence electrons. The van der Waals surface area contributed by atoms with E-state index in [-0.39, 0.29) is 18.5 Å². The third-order valence-corrected chi connectivity index (χ3v) is 7.09. The number of halogens is 2. The molecule has 0 aliphatic heterocycles. The molecule has 0 heterocycles. The molecular weight excluding hydrogens is 497 g/mol. The monoisotopic (exact) mass is 527 g/mol. The van der Waals surface area contributed by atoms with Crippen LogP contribution in [0.5, 0.6) is 0 Å². The van der Waals surface area contributed by atoms with Gasteiger partial charge in [-0.25, -0.2) is 8.42 Å². The van der Waals surface area contributed by atoms with Crippen LogP contribution in [0.1, 0.15) is 39.2 Å². The molecule has 0 saturated carbocycles. The number of hydrogen-bond acceptors (Lipinski definition) is 4. The third-order valence-electron chi connectivity index (χ3n) is 5.45. The molecule has 0 unspecified atom stereocenters. The Balaban J connectivity index is 2.41. The van der Waals surface area contributed by atoms with E-state index in [0.29, 0.717) is 22.2 Å². The lowest BCUT2D eigenvalue weighted by atomic mass is 10.1. The Morgan fingerprint density at radius 1 is 0.941 bits per heavy atom. The van der Waals surface area contributed by atoms with E-state index in [0.717, 1.165) is 22.5 Å². The first-order chi connectivity index (χ1) is 16.0. The van der Waals surface area contributed by atoms with Crippen LogP contribution < -0.4 is 9.62 Å². The first kappa shape index (κ1) is 28.0. The lowest BCUT2D eigenvalue weighted by Gasteiger charge is -2.33. The Bertz CT molecular complexity index is 1080. The zero-order valence-electron chi connectivity index (χ0n) is 19.8. The summed E-state index contributed by atoms with van der Waals surface area (Å²) in [6, 6.07) is 12.3. The number of anilines is 1. The van der Waals surface area contributed by atoms with Crippen LogP contribution in [0.3, 0.4) is 0 Å². The Kier molecular flexibility index (Phi) is 10.2. The third kappa shape index (κ3) is 7.89. The van der Waals surface area contributed by atoms with Crippen molar-refractivity contribution < 1.29 is 18.0 Å². The predicted molar refractivity (Wildman–Crippen MR) is 138 cm³/mol. The molecule has 0 aromatic heterocycles. The maximum absolute atomic E-state index is 13.6. The molecule has 2 amide bonds. The smallest absolute Gasteiger partial charge is 0.244 e. The molecule has 34 heavy (non-hydrogen) atoms. The van der Waals surface area contributed by atoms with Crippen molar-refractivity contribution in [3.05, 3.63) is 64.1 Å². The molecule has 0 bridgehead atoms. The average molecular weight is 529 g/mol. The fourth-order valence-electron chi connectivity index (χ4n) is 3.37. The molecule has 0 aliphatic carbocycles. The summed E-state index contributed by atoms with van der Waals surface area (Å²) >= 11 is 11.9. The van der Waals surface area contributed by atoms with Crippen LogP contribution >= 0.6 is 23.2 Å². The van der Waals surface area contributed by atoms with Gasteiger partial charge in [0.25, 0.3) is 0 Å². The van der Waals surface area contributed by atoms with Crippen LogP contribution in [0, 0.1) is 0 Å². The second-order valence-electron chi connectivity index (χ2n) is 8.14. The van der Waals surface area contributed by atoms with Crippen LogP contribution in [-0.2, 0) is 26.2 Å². The van der Waals surface area contributed by atoms with Crippen molar-refractivity contribution in [2.45, 2.75) is 52.2 Å². The Hall–Kier alpha value is -2.29. The second-order valence-corrected chi connectivity index (χ2v) is 10.9. The van der Waals surface area contributed by atoms with Crippen molar-refractivity contribution in [2.24, 2.45) is 0 Å². The summed E-state index contributed by atoms with van der Waals surface area (Å²) in [6.07, 6.45) is 2.14. The highest BCUT2D eigenvalue weighted by atomic mass is 35.5. The summed E-state index contributed by atoms with van der Waals surface area (Å²) in [6.45, 7) is 5.33. The van der Waals surface area contributed by atoms with Gasteiger partial charge in [-0.2, -0.15) is 0 Å². The number of carbonyl (C=O) groups excluding carboxylic acids is 2. The van der Waals surface area contributed by atoms with E-state index in [1.165, 1.54) is 17.0 Å². The van der Waals surface area contributed by atoms with Crippen LogP contribution in [0.2, 0.25) is 10.0 Å². The minimum Gasteiger partial charge on any atom is -0.352 e. The van der Waals surface area contributed by atoms with Crippen LogP contribution in [0.25, 0.3) is 0 Å². The number of amides is 2. The maximum atomic E-state index is 13.6. The Morgan fingerprint density at radius 2 is 1.47 bits per heavy atom. The van der Waals surface area contributed by atoms with Crippen LogP contribution in [-0.4, -0.2) is 50.0 Å². The number of nitrogens with zero attached hydrogens (tertiary/aromatic N) is 2. The van der Waals surface area contributed by atoms with Gasteiger partial charge in [-0.15, -0.1) is 0 Å². The second kappa shape index (κ2) is 12.4. The highest BCUT2D eigenvalue weighted by molar-refractivity contribution is 7.92. The number of carbonyl (C=O) groups is 2. The molecule has 2 aromatic rings. The van der Waals surface area contributed by atoms with Crippen molar-refractivity contribution in [3.8, 4) is 0 Å². The van der Waals surface area contributed by atoms with E-state index in [9.17, 15) is 18.0 Å². The first-order valence-electron chi connectivity index (χ1n) is 11.0. The highest BCUT2D eigenvalue weighted by Gasteiger charge is 2.32. The Labute approximate surface area is 212 Å². The number of sulfonamides is 1. The molecule has 10 heteroatoms. The average Bonchev–Trinajstić information content (AvgIpc) is 2.78. The van der Waals surface area contributed by atoms with Gasteiger partial charge in [0.05, 0.1) is 11.9 Å². The molecular formula is C24H31Cl2N3O4S. The highest BCUT2D eigenvalue weighted by Crippen LogP contribution is 2.22. The zero-order chi connectivity index (χ0) is 25.5. The van der Waals surface area contributed by atoms with Gasteiger partial charge in [-0.3, -0.25) is 13.9 Å². The number of nitrogens with one attached hydrogen (secondary N) is 1. The molecule has 0 aliphatic rings. The maximum Gasteiger partial charge on any atom is 0.244 e. The summed E-state index contributed by atoms with van der Waals surface area (Å²) in [5, 5.41) is 3.93. The van der Waals surface area contributed by atoms with E-state index < -0.39 is 28.5 Å². The minimum atomic E-state index is -3.79. The van der Waals surface area contributed by atoms with Gasteiger partial charge in [0.15, 0.2) is 0 Å². The van der Waals surface area contributed by atoms with Gasteiger partial charge in [-0.1, -0.05) is 49.2 Å². The fourth-order valence-corrected chi connectivity index (χ4v) is 4.47. The van der Waals surface area contributed by atoms with E-state index in [1.807, 2.05) is 20.8 Å². The topological polar surface area (TPSA) is 86.8 Å². The van der Waals surface area contributed by atoms with Gasteiger partial charge in [0.1, 0.15) is 12.6 Å². The lowest BCUT2D eigenvalue weighted by Crippen LogP contribution is -2.53. The van der Waals surface area contributed by atoms with Crippen molar-refractivity contribution in [2.75, 3.05) is 17.1 Å². The largest absolute Gasteiger partial charge is 0.352 e. The molecule has 7 nitrogen and oxygen atoms in total. The SMILES string of the molecule is CC[C@H](C)NC(=O)[C@H](CC)N(Cc1ccc(Cl)cc1)C(=O)CN(c1ccc(Cl)cc1)S(C)(=O)=O. The molecule has 0 saturated heterocycles. The fraction of sp³-hybridized carbons (Fsp3) is 0.417. The molecule has 0 fully saturated rings. The summed E-state index contributed by atoms with van der Waals surface area (Å²) in [5.74, 6) is -0.780. The normalized spacial score (nSPS) is 13.1. The summed E-state index contributed by atoms with van der Waals surface area (Å²) in [7, 11) is -3.79. The molecule has 2 atom stereocenters. The van der Waals surface area contributed by atoms with Crippen LogP contribution in [0.4, 0.5) is 5.69 Å². The van der Waals surface area contributed by atoms with Crippen molar-refractivity contribution in [1.29, 1.82) is 0 Å². The van der Waals surface area contributed by atoms with E-state index in [2.05, 4.69) is 5.32 Å². The molecule has 0 spiro atoms. The van der Waals surface area contributed by atoms with E-state index in [1.54, 1.807) is 36.4 Å². The molecule has 2 aromatic carbocycles. The zero-order valence-corrected chi connectivity index (χ0v) is 22.1. The van der Waals surface area contributed by atoms with Gasteiger partial charge < -0.3 is 10.2 Å². The summed E-state index contributed by atoms with van der Waals surface area (Å²) < 4.78 is 26.1.